The summed E-state index contributed by atoms with van der Waals surface area (Å²) in [6.07, 6.45) is 1.57. The van der Waals surface area contributed by atoms with Crippen molar-refractivity contribution in [3.05, 3.63) is 21.9 Å². The van der Waals surface area contributed by atoms with E-state index in [4.69, 9.17) is 0 Å². The Balaban J connectivity index is 3.10. The maximum atomic E-state index is 10.8. The largest absolute Gasteiger partial charge is 0.386 e. The zero-order valence-electron chi connectivity index (χ0n) is 12.4. The maximum Gasteiger partial charge on any atom is 0.106 e. The van der Waals surface area contributed by atoms with Gasteiger partial charge in [-0.3, -0.25) is 4.90 Å². The van der Waals surface area contributed by atoms with Gasteiger partial charge in [0.2, 0.25) is 0 Å². The number of aliphatic hydroxyl groups excluding tert-OH is 1. The van der Waals surface area contributed by atoms with Gasteiger partial charge in [0.25, 0.3) is 0 Å². The summed E-state index contributed by atoms with van der Waals surface area (Å²) in [5.41, 5.74) is -0.124. The van der Waals surface area contributed by atoms with Gasteiger partial charge in [-0.25, -0.2) is 0 Å². The SMILES string of the molecule is CCN(CC)C(CC)(CC)C(O)c1ccc(C)s1. The fourth-order valence-corrected chi connectivity index (χ4v) is 3.95. The fraction of sp³-hybridized carbons (Fsp3) is 0.733. The first-order chi connectivity index (χ1) is 8.55. The molecule has 0 aliphatic heterocycles. The van der Waals surface area contributed by atoms with Crippen LogP contribution in [-0.2, 0) is 0 Å². The molecule has 2 nitrogen and oxygen atoms in total. The van der Waals surface area contributed by atoms with Gasteiger partial charge in [0.15, 0.2) is 0 Å². The lowest BCUT2D eigenvalue weighted by Gasteiger charge is -2.45. The average molecular weight is 269 g/mol. The molecule has 0 saturated carbocycles. The Bertz CT molecular complexity index is 353. The minimum atomic E-state index is -0.383. The molecule has 0 aliphatic carbocycles. The molecule has 1 rings (SSSR count). The Kier molecular flexibility index (Phi) is 5.83. The zero-order chi connectivity index (χ0) is 13.8. The van der Waals surface area contributed by atoms with Crippen LogP contribution in [0.5, 0.6) is 0 Å². The van der Waals surface area contributed by atoms with Crippen molar-refractivity contribution in [2.45, 2.75) is 59.1 Å². The summed E-state index contributed by atoms with van der Waals surface area (Å²) < 4.78 is 0. The molecule has 104 valence electrons. The van der Waals surface area contributed by atoms with E-state index >= 15 is 0 Å². The molecule has 1 aromatic heterocycles. The molecule has 0 aromatic carbocycles. The molecule has 0 fully saturated rings. The van der Waals surface area contributed by atoms with Gasteiger partial charge in [0.1, 0.15) is 6.10 Å². The zero-order valence-corrected chi connectivity index (χ0v) is 13.2. The molecule has 1 unspecified atom stereocenters. The summed E-state index contributed by atoms with van der Waals surface area (Å²) in [5.74, 6) is 0. The summed E-state index contributed by atoms with van der Waals surface area (Å²) in [5, 5.41) is 10.8. The summed E-state index contributed by atoms with van der Waals surface area (Å²) in [4.78, 5) is 4.78. The first-order valence-electron chi connectivity index (χ1n) is 7.05. The van der Waals surface area contributed by atoms with Crippen molar-refractivity contribution in [3.63, 3.8) is 0 Å². The molecule has 1 atom stereocenters. The Hall–Kier alpha value is -0.380. The minimum absolute atomic E-state index is 0.124. The number of likely N-dealkylation sites (N-methyl/N-ethyl adjacent to an activating group) is 1. The number of nitrogens with zero attached hydrogens (tertiary/aromatic N) is 1. The van der Waals surface area contributed by atoms with Crippen LogP contribution in [0.25, 0.3) is 0 Å². The van der Waals surface area contributed by atoms with Gasteiger partial charge in [0.05, 0.1) is 5.54 Å². The highest BCUT2D eigenvalue weighted by Gasteiger charge is 2.40. The Labute approximate surface area is 116 Å². The molecular weight excluding hydrogens is 242 g/mol. The van der Waals surface area contributed by atoms with Crippen LogP contribution in [0.4, 0.5) is 0 Å². The van der Waals surface area contributed by atoms with Gasteiger partial charge in [-0.15, -0.1) is 11.3 Å². The van der Waals surface area contributed by atoms with E-state index in [1.54, 1.807) is 11.3 Å². The normalized spacial score (nSPS) is 14.2. The van der Waals surface area contributed by atoms with E-state index in [0.29, 0.717) is 0 Å². The van der Waals surface area contributed by atoms with Crippen LogP contribution in [0, 0.1) is 6.92 Å². The molecule has 1 heterocycles. The highest BCUT2D eigenvalue weighted by molar-refractivity contribution is 7.12. The number of hydrogen-bond donors (Lipinski definition) is 1. The van der Waals surface area contributed by atoms with Crippen molar-refractivity contribution < 1.29 is 5.11 Å². The van der Waals surface area contributed by atoms with Crippen molar-refractivity contribution in [3.8, 4) is 0 Å². The number of rotatable bonds is 7. The highest BCUT2D eigenvalue weighted by atomic mass is 32.1. The third-order valence-electron chi connectivity index (χ3n) is 4.16. The van der Waals surface area contributed by atoms with Crippen LogP contribution in [0.1, 0.15) is 56.4 Å². The third-order valence-corrected chi connectivity index (χ3v) is 5.21. The van der Waals surface area contributed by atoms with Crippen molar-refractivity contribution in [1.29, 1.82) is 0 Å². The summed E-state index contributed by atoms with van der Waals surface area (Å²) in [6, 6.07) is 4.18. The van der Waals surface area contributed by atoms with E-state index in [-0.39, 0.29) is 11.6 Å². The molecule has 0 aliphatic rings. The second-order valence-corrected chi connectivity index (χ2v) is 6.15. The van der Waals surface area contributed by atoms with E-state index in [0.717, 1.165) is 30.8 Å². The first-order valence-corrected chi connectivity index (χ1v) is 7.86. The van der Waals surface area contributed by atoms with E-state index in [1.165, 1.54) is 4.88 Å². The molecule has 0 amide bonds. The molecule has 18 heavy (non-hydrogen) atoms. The summed E-state index contributed by atoms with van der Waals surface area (Å²) >= 11 is 1.72. The van der Waals surface area contributed by atoms with E-state index < -0.39 is 0 Å². The third kappa shape index (κ3) is 2.79. The molecule has 1 aromatic rings. The minimum Gasteiger partial charge on any atom is -0.386 e. The Morgan fingerprint density at radius 2 is 1.72 bits per heavy atom. The fourth-order valence-electron chi connectivity index (χ4n) is 2.98. The number of thiophene rings is 1. The molecule has 1 N–H and O–H groups in total. The molecule has 3 heteroatoms. The Morgan fingerprint density at radius 3 is 2.06 bits per heavy atom. The standard InChI is InChI=1S/C15H27NOS/c1-6-15(7-2,16(8-3)9-4)14(17)13-11-10-12(5)18-13/h10-11,14,17H,6-9H2,1-5H3. The predicted octanol–water partition coefficient (Wildman–Crippen LogP) is 3.99. The van der Waals surface area contributed by atoms with Crippen molar-refractivity contribution in [2.24, 2.45) is 0 Å². The van der Waals surface area contributed by atoms with E-state index in [1.807, 2.05) is 0 Å². The summed E-state index contributed by atoms with van der Waals surface area (Å²) in [7, 11) is 0. The van der Waals surface area contributed by atoms with E-state index in [2.05, 4.69) is 51.7 Å². The molecule has 0 saturated heterocycles. The van der Waals surface area contributed by atoms with Crippen LogP contribution >= 0.6 is 11.3 Å². The van der Waals surface area contributed by atoms with Gasteiger partial charge < -0.3 is 5.11 Å². The molecule has 0 radical (unpaired) electrons. The van der Waals surface area contributed by atoms with Gasteiger partial charge in [-0.2, -0.15) is 0 Å². The molecular formula is C15H27NOS. The smallest absolute Gasteiger partial charge is 0.106 e. The lowest BCUT2D eigenvalue weighted by molar-refractivity contribution is -0.0348. The van der Waals surface area contributed by atoms with Crippen molar-refractivity contribution in [2.75, 3.05) is 13.1 Å². The van der Waals surface area contributed by atoms with Crippen LogP contribution in [0.3, 0.4) is 0 Å². The van der Waals surface area contributed by atoms with Crippen LogP contribution in [0.2, 0.25) is 0 Å². The van der Waals surface area contributed by atoms with Gasteiger partial charge in [0, 0.05) is 9.75 Å². The van der Waals surface area contributed by atoms with Crippen LogP contribution in [-0.4, -0.2) is 28.6 Å². The first kappa shape index (κ1) is 15.7. The van der Waals surface area contributed by atoms with E-state index in [9.17, 15) is 5.11 Å². The van der Waals surface area contributed by atoms with Crippen LogP contribution < -0.4 is 0 Å². The molecule has 0 bridgehead atoms. The number of hydrogen-bond acceptors (Lipinski definition) is 3. The molecule has 0 spiro atoms. The van der Waals surface area contributed by atoms with Crippen LogP contribution in [0.15, 0.2) is 12.1 Å². The highest BCUT2D eigenvalue weighted by Crippen LogP contribution is 2.39. The topological polar surface area (TPSA) is 23.5 Å². The average Bonchev–Trinajstić information content (AvgIpc) is 2.82. The number of aryl methyl sites for hydroxylation is 1. The van der Waals surface area contributed by atoms with Crippen molar-refractivity contribution in [1.82, 2.24) is 4.90 Å². The number of aliphatic hydroxyl groups is 1. The predicted molar refractivity (Wildman–Crippen MR) is 80.2 cm³/mol. The summed E-state index contributed by atoms with van der Waals surface area (Å²) in [6.45, 7) is 12.8. The van der Waals surface area contributed by atoms with Gasteiger partial charge in [-0.05, 0) is 45.0 Å². The Morgan fingerprint density at radius 1 is 1.17 bits per heavy atom. The monoisotopic (exact) mass is 269 g/mol. The second-order valence-electron chi connectivity index (χ2n) is 4.83. The lowest BCUT2D eigenvalue weighted by Crippen LogP contribution is -2.52. The second kappa shape index (κ2) is 6.69. The lowest BCUT2D eigenvalue weighted by atomic mass is 9.83. The quantitative estimate of drug-likeness (QED) is 0.809. The maximum absolute atomic E-state index is 10.8. The van der Waals surface area contributed by atoms with Crippen molar-refractivity contribution >= 4 is 11.3 Å². The van der Waals surface area contributed by atoms with Gasteiger partial charge >= 0.3 is 0 Å². The van der Waals surface area contributed by atoms with Gasteiger partial charge in [-0.1, -0.05) is 27.7 Å².